The van der Waals surface area contributed by atoms with Crippen LogP contribution in [0.1, 0.15) is 31.7 Å². The van der Waals surface area contributed by atoms with Gasteiger partial charge in [0.05, 0.1) is 13.7 Å². The second-order valence-corrected chi connectivity index (χ2v) is 7.39. The molecular weight excluding hydrogens is 300 g/mol. The molecule has 2 aliphatic heterocycles. The molecule has 0 aliphatic carbocycles. The Labute approximate surface area is 146 Å². The van der Waals surface area contributed by atoms with Crippen molar-refractivity contribution in [1.29, 1.82) is 0 Å². The molecule has 134 valence electrons. The summed E-state index contributed by atoms with van der Waals surface area (Å²) in [5.41, 5.74) is 1.86. The highest BCUT2D eigenvalue weighted by molar-refractivity contribution is 5.28. The fourth-order valence-corrected chi connectivity index (χ4v) is 4.36. The molecule has 4 heteroatoms. The van der Waals surface area contributed by atoms with Gasteiger partial charge in [-0.3, -0.25) is 4.90 Å². The Bertz CT molecular complexity index is 522. The first-order valence-electron chi connectivity index (χ1n) is 9.38. The third kappa shape index (κ3) is 4.50. The number of methoxy groups -OCH3 is 1. The van der Waals surface area contributed by atoms with Crippen molar-refractivity contribution in [2.45, 2.75) is 32.7 Å². The topological polar surface area (TPSA) is 24.9 Å². The first kappa shape index (κ1) is 17.7. The average molecular weight is 332 g/mol. The summed E-state index contributed by atoms with van der Waals surface area (Å²) in [5.74, 6) is 0.960. The molecule has 0 saturated carbocycles. The molecule has 0 aromatic heterocycles. The standard InChI is InChI=1S/C20H32N2O2/c1-3-24-13-12-21-11-9-20(16-21)8-5-10-22(17-20)15-18-6-4-7-19(14-18)23-2/h4,6-7,14H,3,5,8-13,15-17H2,1-2H3/t20-/m0/s1. The molecule has 0 radical (unpaired) electrons. The highest BCUT2D eigenvalue weighted by Gasteiger charge is 2.40. The van der Waals surface area contributed by atoms with E-state index in [1.807, 2.05) is 6.07 Å². The molecule has 1 spiro atoms. The molecule has 2 saturated heterocycles. The number of hydrogen-bond donors (Lipinski definition) is 0. The Hall–Kier alpha value is -1.10. The van der Waals surface area contributed by atoms with Crippen LogP contribution < -0.4 is 4.74 Å². The molecule has 1 aromatic rings. The number of ether oxygens (including phenoxy) is 2. The normalized spacial score (nSPS) is 25.4. The predicted molar refractivity (Wildman–Crippen MR) is 97.5 cm³/mol. The largest absolute Gasteiger partial charge is 0.497 e. The van der Waals surface area contributed by atoms with Crippen LogP contribution in [0.4, 0.5) is 0 Å². The summed E-state index contributed by atoms with van der Waals surface area (Å²) in [6.07, 6.45) is 4.05. The lowest BCUT2D eigenvalue weighted by atomic mass is 9.79. The van der Waals surface area contributed by atoms with Gasteiger partial charge in [-0.25, -0.2) is 0 Å². The number of hydrogen-bond acceptors (Lipinski definition) is 4. The zero-order valence-electron chi connectivity index (χ0n) is 15.3. The van der Waals surface area contributed by atoms with Crippen LogP contribution in [0.5, 0.6) is 5.75 Å². The van der Waals surface area contributed by atoms with Gasteiger partial charge in [-0.05, 0) is 62.4 Å². The van der Waals surface area contributed by atoms with Gasteiger partial charge in [-0.1, -0.05) is 12.1 Å². The van der Waals surface area contributed by atoms with Gasteiger partial charge < -0.3 is 14.4 Å². The Kier molecular flexibility index (Phi) is 6.14. The van der Waals surface area contributed by atoms with E-state index in [1.54, 1.807) is 7.11 Å². The third-order valence-corrected chi connectivity index (χ3v) is 5.55. The van der Waals surface area contributed by atoms with E-state index in [1.165, 1.54) is 51.0 Å². The zero-order valence-corrected chi connectivity index (χ0v) is 15.3. The van der Waals surface area contributed by atoms with E-state index in [9.17, 15) is 0 Å². The summed E-state index contributed by atoms with van der Waals surface area (Å²) in [6, 6.07) is 8.50. The van der Waals surface area contributed by atoms with Crippen LogP contribution in [0.25, 0.3) is 0 Å². The number of rotatable bonds is 7. The molecule has 2 heterocycles. The fraction of sp³-hybridized carbons (Fsp3) is 0.700. The molecule has 0 bridgehead atoms. The monoisotopic (exact) mass is 332 g/mol. The van der Waals surface area contributed by atoms with E-state index >= 15 is 0 Å². The van der Waals surface area contributed by atoms with E-state index < -0.39 is 0 Å². The van der Waals surface area contributed by atoms with Gasteiger partial charge >= 0.3 is 0 Å². The van der Waals surface area contributed by atoms with E-state index in [4.69, 9.17) is 9.47 Å². The minimum atomic E-state index is 0.503. The number of likely N-dealkylation sites (tertiary alicyclic amines) is 2. The average Bonchev–Trinajstić information content (AvgIpc) is 2.97. The lowest BCUT2D eigenvalue weighted by molar-refractivity contribution is 0.0783. The lowest BCUT2D eigenvalue weighted by Crippen LogP contribution is -2.44. The summed E-state index contributed by atoms with van der Waals surface area (Å²) in [7, 11) is 1.74. The fourth-order valence-electron chi connectivity index (χ4n) is 4.36. The molecule has 1 atom stereocenters. The lowest BCUT2D eigenvalue weighted by Gasteiger charge is -2.40. The third-order valence-electron chi connectivity index (χ3n) is 5.55. The highest BCUT2D eigenvalue weighted by atomic mass is 16.5. The maximum atomic E-state index is 5.53. The molecule has 0 unspecified atom stereocenters. The minimum Gasteiger partial charge on any atom is -0.497 e. The Balaban J connectivity index is 1.54. The summed E-state index contributed by atoms with van der Waals surface area (Å²) in [5, 5.41) is 0. The van der Waals surface area contributed by atoms with Crippen LogP contribution in [0.2, 0.25) is 0 Å². The van der Waals surface area contributed by atoms with Gasteiger partial charge in [-0.2, -0.15) is 0 Å². The zero-order chi connectivity index (χ0) is 16.8. The predicted octanol–water partition coefficient (Wildman–Crippen LogP) is 3.02. The highest BCUT2D eigenvalue weighted by Crippen LogP contribution is 2.39. The number of piperidine rings is 1. The summed E-state index contributed by atoms with van der Waals surface area (Å²) in [6.45, 7) is 10.8. The van der Waals surface area contributed by atoms with E-state index in [0.29, 0.717) is 5.41 Å². The molecule has 4 nitrogen and oxygen atoms in total. The molecule has 24 heavy (non-hydrogen) atoms. The maximum absolute atomic E-state index is 5.53. The van der Waals surface area contributed by atoms with Crippen molar-refractivity contribution in [2.75, 3.05) is 53.0 Å². The van der Waals surface area contributed by atoms with Gasteiger partial charge in [0, 0.05) is 32.8 Å². The molecular formula is C20H32N2O2. The molecule has 3 rings (SSSR count). The second kappa shape index (κ2) is 8.32. The van der Waals surface area contributed by atoms with Crippen LogP contribution in [0.15, 0.2) is 24.3 Å². The van der Waals surface area contributed by atoms with Gasteiger partial charge in [-0.15, -0.1) is 0 Å². The van der Waals surface area contributed by atoms with E-state index in [2.05, 4.69) is 34.9 Å². The van der Waals surface area contributed by atoms with Gasteiger partial charge in [0.15, 0.2) is 0 Å². The summed E-state index contributed by atoms with van der Waals surface area (Å²) >= 11 is 0. The number of benzene rings is 1. The maximum Gasteiger partial charge on any atom is 0.119 e. The van der Waals surface area contributed by atoms with Gasteiger partial charge in [0.25, 0.3) is 0 Å². The molecule has 2 aliphatic rings. The van der Waals surface area contributed by atoms with Gasteiger partial charge in [0.1, 0.15) is 5.75 Å². The quantitative estimate of drug-likeness (QED) is 0.717. The molecule has 2 fully saturated rings. The van der Waals surface area contributed by atoms with Crippen molar-refractivity contribution in [3.05, 3.63) is 29.8 Å². The Morgan fingerprint density at radius 1 is 1.12 bits per heavy atom. The van der Waals surface area contributed by atoms with E-state index in [-0.39, 0.29) is 0 Å². The van der Waals surface area contributed by atoms with Crippen molar-refractivity contribution in [2.24, 2.45) is 5.41 Å². The minimum absolute atomic E-state index is 0.503. The van der Waals surface area contributed by atoms with Crippen LogP contribution in [0, 0.1) is 5.41 Å². The molecule has 0 N–H and O–H groups in total. The first-order chi connectivity index (χ1) is 11.7. The smallest absolute Gasteiger partial charge is 0.119 e. The van der Waals surface area contributed by atoms with Crippen molar-refractivity contribution >= 4 is 0 Å². The van der Waals surface area contributed by atoms with E-state index in [0.717, 1.165) is 32.1 Å². The van der Waals surface area contributed by atoms with Crippen molar-refractivity contribution in [3.8, 4) is 5.75 Å². The van der Waals surface area contributed by atoms with Crippen LogP contribution in [-0.4, -0.2) is 62.8 Å². The second-order valence-electron chi connectivity index (χ2n) is 7.39. The van der Waals surface area contributed by atoms with Crippen molar-refractivity contribution in [1.82, 2.24) is 9.80 Å². The summed E-state index contributed by atoms with van der Waals surface area (Å²) in [4.78, 5) is 5.25. The molecule has 0 amide bonds. The van der Waals surface area contributed by atoms with Crippen LogP contribution in [-0.2, 0) is 11.3 Å². The Morgan fingerprint density at radius 3 is 2.83 bits per heavy atom. The van der Waals surface area contributed by atoms with Crippen LogP contribution in [0.3, 0.4) is 0 Å². The SMILES string of the molecule is CCOCCN1CC[C@@]2(CCCN(Cc3cccc(OC)c3)C2)C1. The van der Waals surface area contributed by atoms with Crippen LogP contribution >= 0.6 is 0 Å². The van der Waals surface area contributed by atoms with Crippen molar-refractivity contribution in [3.63, 3.8) is 0 Å². The first-order valence-corrected chi connectivity index (χ1v) is 9.38. The summed E-state index contributed by atoms with van der Waals surface area (Å²) < 4.78 is 10.9. The van der Waals surface area contributed by atoms with Gasteiger partial charge in [0.2, 0.25) is 0 Å². The molecule has 1 aromatic carbocycles. The van der Waals surface area contributed by atoms with Crippen molar-refractivity contribution < 1.29 is 9.47 Å². The Morgan fingerprint density at radius 2 is 2.00 bits per heavy atom. The number of nitrogens with zero attached hydrogens (tertiary/aromatic N) is 2.